The van der Waals surface area contributed by atoms with Crippen molar-refractivity contribution < 1.29 is 14.6 Å². The molecule has 1 aliphatic rings. The first-order valence-corrected chi connectivity index (χ1v) is 7.64. The van der Waals surface area contributed by atoms with E-state index >= 15 is 0 Å². The van der Waals surface area contributed by atoms with Crippen LogP contribution >= 0.6 is 12.4 Å². The number of pyridine rings is 1. The SMILES string of the molecule is CC1CCCN1CCOc1ccc2cc(C(=O)O)ccc2n1.Cl. The maximum Gasteiger partial charge on any atom is 0.335 e. The second-order valence-electron chi connectivity index (χ2n) is 5.74. The molecule has 1 aromatic heterocycles. The fraction of sp³-hybridized carbons (Fsp3) is 0.412. The molecule has 23 heavy (non-hydrogen) atoms. The van der Waals surface area contributed by atoms with Crippen molar-refractivity contribution in [3.8, 4) is 5.88 Å². The molecule has 0 spiro atoms. The van der Waals surface area contributed by atoms with E-state index in [1.165, 1.54) is 12.8 Å². The van der Waals surface area contributed by atoms with Crippen molar-refractivity contribution in [2.45, 2.75) is 25.8 Å². The van der Waals surface area contributed by atoms with Gasteiger partial charge >= 0.3 is 5.97 Å². The van der Waals surface area contributed by atoms with Crippen LogP contribution in [0.25, 0.3) is 10.9 Å². The molecule has 1 saturated heterocycles. The maximum atomic E-state index is 11.0. The molecule has 1 unspecified atom stereocenters. The molecule has 0 saturated carbocycles. The Balaban J connectivity index is 0.00000192. The van der Waals surface area contributed by atoms with Crippen LogP contribution in [0.4, 0.5) is 0 Å². The lowest BCUT2D eigenvalue weighted by Crippen LogP contribution is -2.31. The Labute approximate surface area is 141 Å². The number of ether oxygens (including phenoxy) is 1. The second kappa shape index (κ2) is 7.62. The molecule has 0 bridgehead atoms. The number of likely N-dealkylation sites (tertiary alicyclic amines) is 1. The van der Waals surface area contributed by atoms with Gasteiger partial charge in [0.2, 0.25) is 5.88 Å². The third kappa shape index (κ3) is 4.12. The Bertz CT molecular complexity index is 693. The first kappa shape index (κ1) is 17.5. The van der Waals surface area contributed by atoms with Gasteiger partial charge in [0.1, 0.15) is 6.61 Å². The lowest BCUT2D eigenvalue weighted by atomic mass is 10.1. The third-order valence-corrected chi connectivity index (χ3v) is 4.23. The van der Waals surface area contributed by atoms with Gasteiger partial charge in [-0.25, -0.2) is 9.78 Å². The molecule has 0 aliphatic carbocycles. The van der Waals surface area contributed by atoms with Gasteiger partial charge in [-0.3, -0.25) is 4.90 Å². The molecule has 3 rings (SSSR count). The smallest absolute Gasteiger partial charge is 0.335 e. The van der Waals surface area contributed by atoms with Crippen LogP contribution in [-0.4, -0.2) is 46.7 Å². The highest BCUT2D eigenvalue weighted by molar-refractivity contribution is 5.93. The van der Waals surface area contributed by atoms with E-state index in [1.54, 1.807) is 24.3 Å². The molecule has 1 N–H and O–H groups in total. The Morgan fingerprint density at radius 1 is 1.39 bits per heavy atom. The van der Waals surface area contributed by atoms with Gasteiger partial charge in [0.25, 0.3) is 0 Å². The lowest BCUT2D eigenvalue weighted by Gasteiger charge is -2.20. The summed E-state index contributed by atoms with van der Waals surface area (Å²) in [6.45, 7) is 4.93. The highest BCUT2D eigenvalue weighted by Crippen LogP contribution is 2.19. The zero-order chi connectivity index (χ0) is 15.5. The fourth-order valence-electron chi connectivity index (χ4n) is 2.91. The van der Waals surface area contributed by atoms with Gasteiger partial charge in [-0.2, -0.15) is 0 Å². The van der Waals surface area contributed by atoms with E-state index < -0.39 is 5.97 Å². The average Bonchev–Trinajstić information content (AvgIpc) is 2.92. The van der Waals surface area contributed by atoms with Crippen LogP contribution in [0.1, 0.15) is 30.1 Å². The minimum absolute atomic E-state index is 0. The monoisotopic (exact) mass is 336 g/mol. The van der Waals surface area contributed by atoms with E-state index in [4.69, 9.17) is 9.84 Å². The summed E-state index contributed by atoms with van der Waals surface area (Å²) in [4.78, 5) is 17.8. The number of hydrogen-bond acceptors (Lipinski definition) is 4. The molecular formula is C17H21ClN2O3. The van der Waals surface area contributed by atoms with E-state index in [2.05, 4.69) is 16.8 Å². The van der Waals surface area contributed by atoms with Crippen LogP contribution in [0.3, 0.4) is 0 Å². The molecule has 2 heterocycles. The van der Waals surface area contributed by atoms with Crippen molar-refractivity contribution in [3.05, 3.63) is 35.9 Å². The summed E-state index contributed by atoms with van der Waals surface area (Å²) in [7, 11) is 0. The Morgan fingerprint density at radius 3 is 2.91 bits per heavy atom. The summed E-state index contributed by atoms with van der Waals surface area (Å²) in [6, 6.07) is 9.19. The van der Waals surface area contributed by atoms with Crippen LogP contribution in [0.5, 0.6) is 5.88 Å². The van der Waals surface area contributed by atoms with E-state index in [0.717, 1.165) is 24.0 Å². The molecule has 0 radical (unpaired) electrons. The molecule has 5 nitrogen and oxygen atoms in total. The van der Waals surface area contributed by atoms with Crippen molar-refractivity contribution in [2.24, 2.45) is 0 Å². The summed E-state index contributed by atoms with van der Waals surface area (Å²) in [6.07, 6.45) is 2.53. The number of aromatic carboxylic acids is 1. The first-order valence-electron chi connectivity index (χ1n) is 7.64. The van der Waals surface area contributed by atoms with Gasteiger partial charge in [0.15, 0.2) is 0 Å². The summed E-state index contributed by atoms with van der Waals surface area (Å²) < 4.78 is 5.73. The molecule has 2 aromatic rings. The highest BCUT2D eigenvalue weighted by atomic mass is 35.5. The van der Waals surface area contributed by atoms with Crippen LogP contribution in [0, 0.1) is 0 Å². The lowest BCUT2D eigenvalue weighted by molar-refractivity contribution is 0.0697. The molecule has 6 heteroatoms. The van der Waals surface area contributed by atoms with Crippen LogP contribution in [0.15, 0.2) is 30.3 Å². The van der Waals surface area contributed by atoms with E-state index in [-0.39, 0.29) is 18.0 Å². The Kier molecular flexibility index (Phi) is 5.80. The maximum absolute atomic E-state index is 11.0. The van der Waals surface area contributed by atoms with E-state index in [1.807, 2.05) is 6.07 Å². The van der Waals surface area contributed by atoms with Crippen molar-refractivity contribution >= 4 is 29.3 Å². The zero-order valence-electron chi connectivity index (χ0n) is 13.1. The van der Waals surface area contributed by atoms with Crippen LogP contribution in [-0.2, 0) is 0 Å². The molecule has 1 atom stereocenters. The molecule has 124 valence electrons. The minimum atomic E-state index is -0.929. The van der Waals surface area contributed by atoms with Gasteiger partial charge in [-0.15, -0.1) is 12.4 Å². The fourth-order valence-corrected chi connectivity index (χ4v) is 2.91. The van der Waals surface area contributed by atoms with E-state index in [0.29, 0.717) is 18.5 Å². The predicted molar refractivity (Wildman–Crippen MR) is 91.7 cm³/mol. The number of carbonyl (C=O) groups is 1. The number of carboxylic acids is 1. The first-order chi connectivity index (χ1) is 10.6. The predicted octanol–water partition coefficient (Wildman–Crippen LogP) is 3.22. The van der Waals surface area contributed by atoms with Gasteiger partial charge < -0.3 is 9.84 Å². The summed E-state index contributed by atoms with van der Waals surface area (Å²) >= 11 is 0. The van der Waals surface area contributed by atoms with Gasteiger partial charge in [-0.1, -0.05) is 0 Å². The number of carboxylic acid groups (broad SMARTS) is 1. The number of rotatable bonds is 5. The minimum Gasteiger partial charge on any atom is -0.478 e. The average molecular weight is 337 g/mol. The van der Waals surface area contributed by atoms with Crippen LogP contribution < -0.4 is 4.74 Å². The second-order valence-corrected chi connectivity index (χ2v) is 5.74. The molecule has 0 amide bonds. The van der Waals surface area contributed by atoms with Crippen molar-refractivity contribution in [3.63, 3.8) is 0 Å². The highest BCUT2D eigenvalue weighted by Gasteiger charge is 2.19. The van der Waals surface area contributed by atoms with Crippen LogP contribution in [0.2, 0.25) is 0 Å². The summed E-state index contributed by atoms with van der Waals surface area (Å²) in [5.41, 5.74) is 1.02. The number of fused-ring (bicyclic) bond motifs is 1. The van der Waals surface area contributed by atoms with Gasteiger partial charge in [0.05, 0.1) is 11.1 Å². The molecule has 1 fully saturated rings. The van der Waals surface area contributed by atoms with Crippen molar-refractivity contribution in [1.82, 2.24) is 9.88 Å². The third-order valence-electron chi connectivity index (χ3n) is 4.23. The van der Waals surface area contributed by atoms with Crippen molar-refractivity contribution in [2.75, 3.05) is 19.7 Å². The quantitative estimate of drug-likeness (QED) is 0.908. The Morgan fingerprint density at radius 2 is 2.22 bits per heavy atom. The number of halogens is 1. The van der Waals surface area contributed by atoms with Gasteiger partial charge in [-0.05, 0) is 50.6 Å². The molecule has 1 aliphatic heterocycles. The molecular weight excluding hydrogens is 316 g/mol. The van der Waals surface area contributed by atoms with Crippen molar-refractivity contribution in [1.29, 1.82) is 0 Å². The number of aromatic nitrogens is 1. The molecule has 1 aromatic carbocycles. The van der Waals surface area contributed by atoms with E-state index in [9.17, 15) is 4.79 Å². The standard InChI is InChI=1S/C17H20N2O3.ClH/c1-12-3-2-8-19(12)9-10-22-16-7-5-13-11-14(17(20)21)4-6-15(13)18-16;/h4-7,11-12H,2-3,8-10H2,1H3,(H,20,21);1H. The number of hydrogen-bond donors (Lipinski definition) is 1. The normalized spacial score (nSPS) is 17.9. The summed E-state index contributed by atoms with van der Waals surface area (Å²) in [5.74, 6) is -0.343. The number of benzene rings is 1. The largest absolute Gasteiger partial charge is 0.478 e. The topological polar surface area (TPSA) is 62.7 Å². The number of nitrogens with zero attached hydrogens (tertiary/aromatic N) is 2. The van der Waals surface area contributed by atoms with Gasteiger partial charge in [0, 0.05) is 24.0 Å². The zero-order valence-corrected chi connectivity index (χ0v) is 13.9. The summed E-state index contributed by atoms with van der Waals surface area (Å²) in [5, 5.41) is 9.80. The Hall–Kier alpha value is -1.85.